The van der Waals surface area contributed by atoms with E-state index in [0.29, 0.717) is 18.2 Å². The van der Waals surface area contributed by atoms with E-state index in [4.69, 9.17) is 4.74 Å². The summed E-state index contributed by atoms with van der Waals surface area (Å²) in [5.41, 5.74) is 0.751. The Bertz CT molecular complexity index is 750. The number of tetrazole rings is 1. The summed E-state index contributed by atoms with van der Waals surface area (Å²) in [5, 5.41) is 12.0. The standard InChI is InChI=1S/C17H22FN5O2S/c1-12(16(24)22(2)10-13-5-3-6-14(18)9-13)26-17-19-20-21-23(17)11-15-7-4-8-25-15/h3,5-6,9,12,15H,4,7-8,10-11H2,1-2H3. The van der Waals surface area contributed by atoms with Crippen molar-refractivity contribution in [2.24, 2.45) is 0 Å². The van der Waals surface area contributed by atoms with Crippen molar-refractivity contribution >= 4 is 17.7 Å². The maximum Gasteiger partial charge on any atom is 0.235 e. The molecule has 0 N–H and O–H groups in total. The van der Waals surface area contributed by atoms with E-state index in [0.717, 1.165) is 25.0 Å². The summed E-state index contributed by atoms with van der Waals surface area (Å²) in [7, 11) is 1.71. The van der Waals surface area contributed by atoms with Crippen LogP contribution < -0.4 is 0 Å². The molecule has 1 aliphatic rings. The number of nitrogens with zero attached hydrogens (tertiary/aromatic N) is 5. The Morgan fingerprint density at radius 2 is 2.38 bits per heavy atom. The van der Waals surface area contributed by atoms with Crippen LogP contribution >= 0.6 is 11.8 Å². The highest BCUT2D eigenvalue weighted by molar-refractivity contribution is 8.00. The van der Waals surface area contributed by atoms with Crippen molar-refractivity contribution < 1.29 is 13.9 Å². The Kier molecular flexibility index (Phi) is 6.20. The molecule has 3 rings (SSSR count). The highest BCUT2D eigenvalue weighted by atomic mass is 32.2. The van der Waals surface area contributed by atoms with E-state index < -0.39 is 0 Å². The van der Waals surface area contributed by atoms with Crippen LogP contribution in [-0.2, 0) is 22.6 Å². The largest absolute Gasteiger partial charge is 0.376 e. The first kappa shape index (κ1) is 18.8. The summed E-state index contributed by atoms with van der Waals surface area (Å²) < 4.78 is 20.6. The van der Waals surface area contributed by atoms with Gasteiger partial charge in [-0.1, -0.05) is 23.9 Å². The first-order valence-corrected chi connectivity index (χ1v) is 9.44. The molecule has 2 heterocycles. The summed E-state index contributed by atoms with van der Waals surface area (Å²) in [6, 6.07) is 6.26. The Morgan fingerprint density at radius 1 is 1.54 bits per heavy atom. The molecule has 0 spiro atoms. The molecule has 0 aliphatic carbocycles. The Labute approximate surface area is 155 Å². The SMILES string of the molecule is CC(Sc1nnnn1CC1CCCO1)C(=O)N(C)Cc1cccc(F)c1. The van der Waals surface area contributed by atoms with Crippen LogP contribution in [0.5, 0.6) is 0 Å². The third-order valence-corrected chi connectivity index (χ3v) is 5.27. The van der Waals surface area contributed by atoms with E-state index in [1.54, 1.807) is 28.8 Å². The molecule has 1 aromatic carbocycles. The van der Waals surface area contributed by atoms with Crippen molar-refractivity contribution in [2.75, 3.05) is 13.7 Å². The van der Waals surface area contributed by atoms with Gasteiger partial charge in [-0.3, -0.25) is 4.79 Å². The van der Waals surface area contributed by atoms with Crippen LogP contribution in [0.3, 0.4) is 0 Å². The molecule has 1 saturated heterocycles. The number of hydrogen-bond acceptors (Lipinski definition) is 6. The molecule has 26 heavy (non-hydrogen) atoms. The van der Waals surface area contributed by atoms with Gasteiger partial charge in [0.15, 0.2) is 0 Å². The van der Waals surface area contributed by atoms with Crippen LogP contribution in [0.15, 0.2) is 29.4 Å². The topological polar surface area (TPSA) is 73.1 Å². The highest BCUT2D eigenvalue weighted by Gasteiger charge is 2.24. The first-order valence-electron chi connectivity index (χ1n) is 8.57. The monoisotopic (exact) mass is 379 g/mol. The van der Waals surface area contributed by atoms with E-state index in [1.165, 1.54) is 23.9 Å². The van der Waals surface area contributed by atoms with Gasteiger partial charge in [-0.05, 0) is 47.9 Å². The number of aromatic nitrogens is 4. The number of thioether (sulfide) groups is 1. The average molecular weight is 379 g/mol. The minimum absolute atomic E-state index is 0.0640. The number of hydrogen-bond donors (Lipinski definition) is 0. The fraction of sp³-hybridized carbons (Fsp3) is 0.529. The van der Waals surface area contributed by atoms with Crippen molar-refractivity contribution in [3.63, 3.8) is 0 Å². The number of halogens is 1. The molecular weight excluding hydrogens is 357 g/mol. The number of amides is 1. The molecule has 9 heteroatoms. The van der Waals surface area contributed by atoms with Crippen molar-refractivity contribution in [3.05, 3.63) is 35.6 Å². The lowest BCUT2D eigenvalue weighted by Gasteiger charge is -2.21. The predicted octanol–water partition coefficient (Wildman–Crippen LogP) is 2.13. The zero-order valence-corrected chi connectivity index (χ0v) is 15.7. The van der Waals surface area contributed by atoms with E-state index in [9.17, 15) is 9.18 Å². The summed E-state index contributed by atoms with van der Waals surface area (Å²) in [5.74, 6) is -0.370. The minimum atomic E-state index is -0.359. The summed E-state index contributed by atoms with van der Waals surface area (Å²) in [4.78, 5) is 14.2. The van der Waals surface area contributed by atoms with E-state index in [-0.39, 0.29) is 23.1 Å². The predicted molar refractivity (Wildman–Crippen MR) is 95.0 cm³/mol. The second kappa shape index (κ2) is 8.59. The van der Waals surface area contributed by atoms with Gasteiger partial charge in [0.2, 0.25) is 11.1 Å². The molecule has 0 saturated carbocycles. The number of carbonyl (C=O) groups is 1. The van der Waals surface area contributed by atoms with Crippen LogP contribution in [0.1, 0.15) is 25.3 Å². The lowest BCUT2D eigenvalue weighted by Crippen LogP contribution is -2.33. The summed E-state index contributed by atoms with van der Waals surface area (Å²) in [6.07, 6.45) is 2.17. The van der Waals surface area contributed by atoms with Gasteiger partial charge < -0.3 is 9.64 Å². The summed E-state index contributed by atoms with van der Waals surface area (Å²) in [6.45, 7) is 3.53. The maximum atomic E-state index is 13.3. The third kappa shape index (κ3) is 4.79. The van der Waals surface area contributed by atoms with Gasteiger partial charge in [0, 0.05) is 20.2 Å². The minimum Gasteiger partial charge on any atom is -0.376 e. The molecule has 0 radical (unpaired) electrons. The molecule has 1 aromatic heterocycles. The molecular formula is C17H22FN5O2S. The number of benzene rings is 1. The molecule has 1 amide bonds. The first-order chi connectivity index (χ1) is 12.5. The van der Waals surface area contributed by atoms with Crippen LogP contribution in [0.4, 0.5) is 4.39 Å². The van der Waals surface area contributed by atoms with Gasteiger partial charge >= 0.3 is 0 Å². The maximum absolute atomic E-state index is 13.3. The quantitative estimate of drug-likeness (QED) is 0.686. The second-order valence-corrected chi connectivity index (χ2v) is 7.67. The Morgan fingerprint density at radius 3 is 3.12 bits per heavy atom. The van der Waals surface area contributed by atoms with Crippen molar-refractivity contribution in [1.82, 2.24) is 25.1 Å². The Hall–Kier alpha value is -2.00. The second-order valence-electron chi connectivity index (χ2n) is 6.36. The van der Waals surface area contributed by atoms with Crippen molar-refractivity contribution in [2.45, 2.75) is 49.4 Å². The smallest absolute Gasteiger partial charge is 0.235 e. The van der Waals surface area contributed by atoms with Crippen molar-refractivity contribution in [3.8, 4) is 0 Å². The zero-order valence-electron chi connectivity index (χ0n) is 14.8. The van der Waals surface area contributed by atoms with E-state index in [2.05, 4.69) is 15.5 Å². The van der Waals surface area contributed by atoms with Gasteiger partial charge in [-0.25, -0.2) is 9.07 Å². The van der Waals surface area contributed by atoms with Gasteiger partial charge in [0.25, 0.3) is 0 Å². The van der Waals surface area contributed by atoms with Gasteiger partial charge in [0.1, 0.15) is 5.82 Å². The molecule has 0 bridgehead atoms. The molecule has 140 valence electrons. The van der Waals surface area contributed by atoms with Gasteiger partial charge in [-0.2, -0.15) is 0 Å². The molecule has 1 aliphatic heterocycles. The van der Waals surface area contributed by atoms with Gasteiger partial charge in [0.05, 0.1) is 17.9 Å². The fourth-order valence-electron chi connectivity index (χ4n) is 2.88. The van der Waals surface area contributed by atoms with Crippen LogP contribution in [0.25, 0.3) is 0 Å². The normalized spacial score (nSPS) is 18.0. The average Bonchev–Trinajstić information content (AvgIpc) is 3.27. The van der Waals surface area contributed by atoms with Crippen LogP contribution in [0, 0.1) is 5.82 Å². The molecule has 2 aromatic rings. The molecule has 1 fully saturated rings. The van der Waals surface area contributed by atoms with E-state index >= 15 is 0 Å². The van der Waals surface area contributed by atoms with Gasteiger partial charge in [-0.15, -0.1) is 5.10 Å². The lowest BCUT2D eigenvalue weighted by molar-refractivity contribution is -0.129. The Balaban J connectivity index is 1.57. The number of carbonyl (C=O) groups excluding carboxylic acids is 1. The number of ether oxygens (including phenoxy) is 1. The molecule has 2 atom stereocenters. The number of rotatable bonds is 7. The van der Waals surface area contributed by atoms with E-state index in [1.807, 2.05) is 6.92 Å². The van der Waals surface area contributed by atoms with Crippen LogP contribution in [0.2, 0.25) is 0 Å². The van der Waals surface area contributed by atoms with Crippen LogP contribution in [-0.4, -0.2) is 56.0 Å². The van der Waals surface area contributed by atoms with Crippen molar-refractivity contribution in [1.29, 1.82) is 0 Å². The zero-order chi connectivity index (χ0) is 18.5. The third-order valence-electron chi connectivity index (χ3n) is 4.21. The summed E-state index contributed by atoms with van der Waals surface area (Å²) >= 11 is 1.32. The molecule has 7 nitrogen and oxygen atoms in total. The lowest BCUT2D eigenvalue weighted by atomic mass is 10.2. The fourth-order valence-corrected chi connectivity index (χ4v) is 3.80. The molecule has 2 unspecified atom stereocenters. The highest BCUT2D eigenvalue weighted by Crippen LogP contribution is 2.23.